The van der Waals surface area contributed by atoms with Crippen LogP contribution in [0.15, 0.2) is 43.5 Å². The van der Waals surface area contributed by atoms with Gasteiger partial charge in [0.05, 0.1) is 5.69 Å². The number of nitrogens with one attached hydrogen (secondary N) is 1. The van der Waals surface area contributed by atoms with Gasteiger partial charge in [0, 0.05) is 15.9 Å². The zero-order valence-corrected chi connectivity index (χ0v) is 13.5. The van der Waals surface area contributed by atoms with E-state index in [9.17, 15) is 0 Å². The SMILES string of the molecule is CCCNCc1ccc(Br)cc1Sc1nc(C)co1. The number of aromatic nitrogens is 1. The molecule has 0 fully saturated rings. The summed E-state index contributed by atoms with van der Waals surface area (Å²) in [6, 6.07) is 6.30. The Balaban J connectivity index is 2.14. The predicted octanol–water partition coefficient (Wildman–Crippen LogP) is 4.40. The summed E-state index contributed by atoms with van der Waals surface area (Å²) >= 11 is 5.07. The third-order valence-electron chi connectivity index (χ3n) is 2.57. The monoisotopic (exact) mass is 340 g/mol. The van der Waals surface area contributed by atoms with Gasteiger partial charge in [-0.3, -0.25) is 0 Å². The molecule has 1 N–H and O–H groups in total. The Hall–Kier alpha value is -0.780. The first kappa shape index (κ1) is 14.6. The van der Waals surface area contributed by atoms with Gasteiger partial charge in [-0.25, -0.2) is 4.98 Å². The lowest BCUT2D eigenvalue weighted by Gasteiger charge is -2.09. The van der Waals surface area contributed by atoms with Crippen LogP contribution in [0.2, 0.25) is 0 Å². The molecular weight excluding hydrogens is 324 g/mol. The number of nitrogens with zero attached hydrogens (tertiary/aromatic N) is 1. The van der Waals surface area contributed by atoms with Crippen LogP contribution in [0.25, 0.3) is 0 Å². The Morgan fingerprint density at radius 1 is 1.42 bits per heavy atom. The van der Waals surface area contributed by atoms with Crippen molar-refractivity contribution in [3.63, 3.8) is 0 Å². The predicted molar refractivity (Wildman–Crippen MR) is 81.5 cm³/mol. The van der Waals surface area contributed by atoms with E-state index in [1.807, 2.05) is 6.92 Å². The average Bonchev–Trinajstić information content (AvgIpc) is 2.78. The van der Waals surface area contributed by atoms with E-state index in [1.54, 1.807) is 18.0 Å². The maximum absolute atomic E-state index is 5.40. The van der Waals surface area contributed by atoms with Crippen molar-refractivity contribution in [1.82, 2.24) is 10.3 Å². The number of rotatable bonds is 6. The molecule has 1 aromatic carbocycles. The number of halogens is 1. The van der Waals surface area contributed by atoms with Crippen molar-refractivity contribution >= 4 is 27.7 Å². The van der Waals surface area contributed by atoms with Gasteiger partial charge in [-0.15, -0.1) is 0 Å². The lowest BCUT2D eigenvalue weighted by molar-refractivity contribution is 0.454. The molecule has 0 saturated carbocycles. The summed E-state index contributed by atoms with van der Waals surface area (Å²) in [7, 11) is 0. The van der Waals surface area contributed by atoms with Crippen molar-refractivity contribution in [1.29, 1.82) is 0 Å². The molecule has 19 heavy (non-hydrogen) atoms. The van der Waals surface area contributed by atoms with E-state index in [-0.39, 0.29) is 0 Å². The molecule has 1 heterocycles. The highest BCUT2D eigenvalue weighted by atomic mass is 79.9. The first-order valence-electron chi connectivity index (χ1n) is 6.28. The third kappa shape index (κ3) is 4.37. The highest BCUT2D eigenvalue weighted by Crippen LogP contribution is 2.32. The van der Waals surface area contributed by atoms with E-state index in [4.69, 9.17) is 4.42 Å². The molecule has 102 valence electrons. The van der Waals surface area contributed by atoms with Crippen molar-refractivity contribution < 1.29 is 4.42 Å². The molecule has 0 spiro atoms. The molecule has 2 aromatic rings. The number of benzene rings is 1. The third-order valence-corrected chi connectivity index (χ3v) is 4.02. The molecule has 0 aliphatic rings. The summed E-state index contributed by atoms with van der Waals surface area (Å²) in [6.07, 6.45) is 2.81. The van der Waals surface area contributed by atoms with Crippen LogP contribution in [0.3, 0.4) is 0 Å². The van der Waals surface area contributed by atoms with E-state index in [1.165, 1.54) is 10.5 Å². The molecule has 0 aliphatic heterocycles. The highest BCUT2D eigenvalue weighted by Gasteiger charge is 2.09. The van der Waals surface area contributed by atoms with Crippen molar-refractivity contribution in [3.8, 4) is 0 Å². The molecule has 0 aliphatic carbocycles. The van der Waals surface area contributed by atoms with Crippen LogP contribution in [0.5, 0.6) is 0 Å². The maximum atomic E-state index is 5.40. The summed E-state index contributed by atoms with van der Waals surface area (Å²) in [5.74, 6) is 0. The van der Waals surface area contributed by atoms with Gasteiger partial charge in [0.1, 0.15) is 6.26 Å². The van der Waals surface area contributed by atoms with Gasteiger partial charge in [-0.2, -0.15) is 0 Å². The fourth-order valence-electron chi connectivity index (χ4n) is 1.64. The van der Waals surface area contributed by atoms with Crippen LogP contribution in [-0.2, 0) is 6.54 Å². The summed E-state index contributed by atoms with van der Waals surface area (Å²) in [4.78, 5) is 5.50. The van der Waals surface area contributed by atoms with Gasteiger partial charge >= 0.3 is 0 Å². The van der Waals surface area contributed by atoms with E-state index < -0.39 is 0 Å². The second-order valence-corrected chi connectivity index (χ2v) is 6.19. The lowest BCUT2D eigenvalue weighted by atomic mass is 10.2. The van der Waals surface area contributed by atoms with Gasteiger partial charge in [0.2, 0.25) is 0 Å². The highest BCUT2D eigenvalue weighted by molar-refractivity contribution is 9.10. The summed E-state index contributed by atoms with van der Waals surface area (Å²) < 4.78 is 6.47. The molecule has 0 radical (unpaired) electrons. The molecular formula is C14H17BrN2OS. The Bertz CT molecular complexity index is 542. The van der Waals surface area contributed by atoms with Crippen LogP contribution in [0.1, 0.15) is 24.6 Å². The molecule has 0 amide bonds. The van der Waals surface area contributed by atoms with Crippen LogP contribution in [-0.4, -0.2) is 11.5 Å². The van der Waals surface area contributed by atoms with Gasteiger partial charge in [-0.05, 0) is 49.3 Å². The van der Waals surface area contributed by atoms with Gasteiger partial charge in [-0.1, -0.05) is 28.9 Å². The molecule has 0 unspecified atom stereocenters. The summed E-state index contributed by atoms with van der Waals surface area (Å²) in [5.41, 5.74) is 2.17. The van der Waals surface area contributed by atoms with Crippen molar-refractivity contribution in [2.45, 2.75) is 36.9 Å². The molecule has 3 nitrogen and oxygen atoms in total. The van der Waals surface area contributed by atoms with E-state index in [2.05, 4.69) is 51.4 Å². The minimum absolute atomic E-state index is 0.687. The van der Waals surface area contributed by atoms with Gasteiger partial charge in [0.25, 0.3) is 5.22 Å². The van der Waals surface area contributed by atoms with Crippen LogP contribution in [0, 0.1) is 6.92 Å². The second kappa shape index (κ2) is 7.12. The molecule has 1 aromatic heterocycles. The number of aryl methyl sites for hydroxylation is 1. The zero-order valence-electron chi connectivity index (χ0n) is 11.1. The lowest BCUT2D eigenvalue weighted by Crippen LogP contribution is -2.14. The van der Waals surface area contributed by atoms with Gasteiger partial charge in [0.15, 0.2) is 0 Å². The molecule has 0 saturated heterocycles. The van der Waals surface area contributed by atoms with Crippen molar-refractivity contribution in [3.05, 3.63) is 40.2 Å². The molecule has 5 heteroatoms. The smallest absolute Gasteiger partial charge is 0.260 e. The minimum atomic E-state index is 0.687. The second-order valence-electron chi connectivity index (χ2n) is 4.29. The zero-order chi connectivity index (χ0) is 13.7. The quantitative estimate of drug-likeness (QED) is 0.791. The Morgan fingerprint density at radius 3 is 2.95 bits per heavy atom. The Kier molecular flexibility index (Phi) is 5.48. The molecule has 2 rings (SSSR count). The van der Waals surface area contributed by atoms with Crippen LogP contribution >= 0.6 is 27.7 Å². The molecule has 0 bridgehead atoms. The topological polar surface area (TPSA) is 38.1 Å². The number of oxazole rings is 1. The summed E-state index contributed by atoms with van der Waals surface area (Å²) in [6.45, 7) is 5.99. The summed E-state index contributed by atoms with van der Waals surface area (Å²) in [5, 5.41) is 4.11. The average molecular weight is 341 g/mol. The van der Waals surface area contributed by atoms with Crippen LogP contribution in [0.4, 0.5) is 0 Å². The first-order chi connectivity index (χ1) is 9.19. The van der Waals surface area contributed by atoms with Gasteiger partial charge < -0.3 is 9.73 Å². The van der Waals surface area contributed by atoms with E-state index in [0.29, 0.717) is 5.22 Å². The van der Waals surface area contributed by atoms with E-state index >= 15 is 0 Å². The normalized spacial score (nSPS) is 10.9. The minimum Gasteiger partial charge on any atom is -0.439 e. The Morgan fingerprint density at radius 2 is 2.26 bits per heavy atom. The standard InChI is InChI=1S/C14H17BrN2OS/c1-3-6-16-8-11-4-5-12(15)7-13(11)19-14-17-10(2)9-18-14/h4-5,7,9,16H,3,6,8H2,1-2H3. The fourth-order valence-corrected chi connectivity index (χ4v) is 3.09. The van der Waals surface area contributed by atoms with Crippen molar-refractivity contribution in [2.24, 2.45) is 0 Å². The first-order valence-corrected chi connectivity index (χ1v) is 7.89. The number of hydrogen-bond acceptors (Lipinski definition) is 4. The van der Waals surface area contributed by atoms with Crippen molar-refractivity contribution in [2.75, 3.05) is 6.54 Å². The molecule has 0 atom stereocenters. The number of hydrogen-bond donors (Lipinski definition) is 1. The largest absolute Gasteiger partial charge is 0.439 e. The van der Waals surface area contributed by atoms with E-state index in [0.717, 1.165) is 29.7 Å². The van der Waals surface area contributed by atoms with Crippen LogP contribution < -0.4 is 5.32 Å². The maximum Gasteiger partial charge on any atom is 0.260 e. The fraction of sp³-hybridized carbons (Fsp3) is 0.357. The Labute approximate surface area is 126 Å².